The topological polar surface area (TPSA) is 23.6 Å². The third-order valence-electron chi connectivity index (χ3n) is 3.08. The van der Waals surface area contributed by atoms with Gasteiger partial charge in [-0.1, -0.05) is 13.8 Å². The van der Waals surface area contributed by atoms with Crippen molar-refractivity contribution in [2.45, 2.75) is 26.7 Å². The molecule has 0 bridgehead atoms. The Morgan fingerprint density at radius 2 is 2.00 bits per heavy atom. The number of amides is 1. The molecule has 3 nitrogen and oxygen atoms in total. The van der Waals surface area contributed by atoms with Gasteiger partial charge in [0.2, 0.25) is 5.91 Å². The van der Waals surface area contributed by atoms with Crippen molar-refractivity contribution in [3.05, 3.63) is 0 Å². The quantitative estimate of drug-likeness (QED) is 0.680. The molecule has 0 saturated carbocycles. The van der Waals surface area contributed by atoms with Gasteiger partial charge in [-0.05, 0) is 32.4 Å². The highest BCUT2D eigenvalue weighted by Gasteiger charge is 2.20. The molecule has 0 unspecified atom stereocenters. The average molecular weight is 198 g/mol. The van der Waals surface area contributed by atoms with E-state index in [1.807, 2.05) is 11.9 Å². The molecule has 14 heavy (non-hydrogen) atoms. The molecule has 0 aromatic rings. The largest absolute Gasteiger partial charge is 0.342 e. The molecule has 82 valence electrons. The van der Waals surface area contributed by atoms with Gasteiger partial charge in [0.25, 0.3) is 0 Å². The summed E-state index contributed by atoms with van der Waals surface area (Å²) < 4.78 is 0. The SMILES string of the molecule is CCN(C)CC(=O)N1CCC(C)CC1. The third-order valence-corrected chi connectivity index (χ3v) is 3.08. The maximum absolute atomic E-state index is 11.8. The van der Waals surface area contributed by atoms with Gasteiger partial charge in [0.15, 0.2) is 0 Å². The van der Waals surface area contributed by atoms with Crippen LogP contribution in [0.4, 0.5) is 0 Å². The zero-order chi connectivity index (χ0) is 10.6. The summed E-state index contributed by atoms with van der Waals surface area (Å²) in [5.41, 5.74) is 0. The van der Waals surface area contributed by atoms with Crippen molar-refractivity contribution in [3.63, 3.8) is 0 Å². The van der Waals surface area contributed by atoms with Crippen LogP contribution in [0.1, 0.15) is 26.7 Å². The molecule has 0 radical (unpaired) electrons. The summed E-state index contributed by atoms with van der Waals surface area (Å²) in [4.78, 5) is 15.8. The van der Waals surface area contributed by atoms with E-state index in [2.05, 4.69) is 18.7 Å². The number of rotatable bonds is 3. The molecule has 1 fully saturated rings. The van der Waals surface area contributed by atoms with Crippen molar-refractivity contribution in [3.8, 4) is 0 Å². The minimum absolute atomic E-state index is 0.293. The first-order valence-electron chi connectivity index (χ1n) is 5.59. The maximum Gasteiger partial charge on any atom is 0.236 e. The van der Waals surface area contributed by atoms with Crippen molar-refractivity contribution >= 4 is 5.91 Å². The lowest BCUT2D eigenvalue weighted by Crippen LogP contribution is -2.43. The molecule has 1 heterocycles. The number of hydrogen-bond donors (Lipinski definition) is 0. The molecule has 0 atom stereocenters. The lowest BCUT2D eigenvalue weighted by molar-refractivity contribution is -0.133. The molecule has 0 N–H and O–H groups in total. The first-order valence-corrected chi connectivity index (χ1v) is 5.59. The highest BCUT2D eigenvalue weighted by atomic mass is 16.2. The van der Waals surface area contributed by atoms with E-state index in [0.29, 0.717) is 12.5 Å². The summed E-state index contributed by atoms with van der Waals surface area (Å²) in [6.07, 6.45) is 2.34. The number of likely N-dealkylation sites (tertiary alicyclic amines) is 1. The summed E-state index contributed by atoms with van der Waals surface area (Å²) in [6, 6.07) is 0. The van der Waals surface area contributed by atoms with Crippen LogP contribution in [0, 0.1) is 5.92 Å². The van der Waals surface area contributed by atoms with Crippen LogP contribution in [0.2, 0.25) is 0 Å². The van der Waals surface area contributed by atoms with Gasteiger partial charge in [-0.25, -0.2) is 0 Å². The Kier molecular flexibility index (Phi) is 4.39. The van der Waals surface area contributed by atoms with Gasteiger partial charge in [0.1, 0.15) is 0 Å². The Hall–Kier alpha value is -0.570. The van der Waals surface area contributed by atoms with E-state index in [1.165, 1.54) is 12.8 Å². The summed E-state index contributed by atoms with van der Waals surface area (Å²) in [5.74, 6) is 1.09. The molecule has 1 amide bonds. The minimum Gasteiger partial charge on any atom is -0.342 e. The molecule has 0 aromatic heterocycles. The van der Waals surface area contributed by atoms with Crippen molar-refractivity contribution in [2.24, 2.45) is 5.92 Å². The highest BCUT2D eigenvalue weighted by molar-refractivity contribution is 5.78. The molecule has 1 rings (SSSR count). The van der Waals surface area contributed by atoms with E-state index >= 15 is 0 Å². The van der Waals surface area contributed by atoms with Crippen LogP contribution in [0.15, 0.2) is 0 Å². The van der Waals surface area contributed by atoms with Crippen molar-refractivity contribution < 1.29 is 4.79 Å². The second-order valence-electron chi connectivity index (χ2n) is 4.39. The van der Waals surface area contributed by atoms with Gasteiger partial charge in [-0.15, -0.1) is 0 Å². The van der Waals surface area contributed by atoms with Crippen molar-refractivity contribution in [2.75, 3.05) is 33.2 Å². The smallest absolute Gasteiger partial charge is 0.236 e. The van der Waals surface area contributed by atoms with Crippen LogP contribution >= 0.6 is 0 Å². The predicted octanol–water partition coefficient (Wildman–Crippen LogP) is 1.20. The van der Waals surface area contributed by atoms with E-state index in [1.54, 1.807) is 0 Å². The van der Waals surface area contributed by atoms with Crippen LogP contribution in [0.25, 0.3) is 0 Å². The van der Waals surface area contributed by atoms with Crippen molar-refractivity contribution in [1.29, 1.82) is 0 Å². The second-order valence-corrected chi connectivity index (χ2v) is 4.39. The molecule has 1 aliphatic heterocycles. The molecule has 0 aromatic carbocycles. The number of hydrogen-bond acceptors (Lipinski definition) is 2. The fourth-order valence-electron chi connectivity index (χ4n) is 1.70. The van der Waals surface area contributed by atoms with Gasteiger partial charge >= 0.3 is 0 Å². The Morgan fingerprint density at radius 1 is 1.43 bits per heavy atom. The second kappa shape index (κ2) is 5.35. The van der Waals surface area contributed by atoms with Crippen LogP contribution in [0.3, 0.4) is 0 Å². The maximum atomic E-state index is 11.8. The van der Waals surface area contributed by atoms with Gasteiger partial charge < -0.3 is 4.90 Å². The van der Waals surface area contributed by atoms with Crippen molar-refractivity contribution in [1.82, 2.24) is 9.80 Å². The number of likely N-dealkylation sites (N-methyl/N-ethyl adjacent to an activating group) is 1. The monoisotopic (exact) mass is 198 g/mol. The van der Waals surface area contributed by atoms with Gasteiger partial charge in [-0.2, -0.15) is 0 Å². The number of piperidine rings is 1. The average Bonchev–Trinajstić information content (AvgIpc) is 2.18. The molecule has 0 aliphatic carbocycles. The fraction of sp³-hybridized carbons (Fsp3) is 0.909. The zero-order valence-electron chi connectivity index (χ0n) is 9.62. The van der Waals surface area contributed by atoms with Crippen LogP contribution in [-0.2, 0) is 4.79 Å². The predicted molar refractivity (Wildman–Crippen MR) is 58.1 cm³/mol. The summed E-state index contributed by atoms with van der Waals surface area (Å²) in [7, 11) is 1.99. The highest BCUT2D eigenvalue weighted by Crippen LogP contribution is 2.15. The van der Waals surface area contributed by atoms with E-state index < -0.39 is 0 Å². The third kappa shape index (κ3) is 3.29. The number of carbonyl (C=O) groups excluding carboxylic acids is 1. The molecule has 3 heteroatoms. The Balaban J connectivity index is 2.30. The van der Waals surface area contributed by atoms with Crippen LogP contribution in [0.5, 0.6) is 0 Å². The zero-order valence-corrected chi connectivity index (χ0v) is 9.62. The van der Waals surface area contributed by atoms with Gasteiger partial charge in [0, 0.05) is 13.1 Å². The van der Waals surface area contributed by atoms with E-state index in [-0.39, 0.29) is 0 Å². The van der Waals surface area contributed by atoms with Gasteiger partial charge in [-0.3, -0.25) is 9.69 Å². The molecular weight excluding hydrogens is 176 g/mol. The Labute approximate surface area is 87.1 Å². The molecule has 1 aliphatic rings. The number of carbonyl (C=O) groups is 1. The van der Waals surface area contributed by atoms with Gasteiger partial charge in [0.05, 0.1) is 6.54 Å². The molecular formula is C11H22N2O. The lowest BCUT2D eigenvalue weighted by atomic mass is 9.99. The van der Waals surface area contributed by atoms with Crippen LogP contribution < -0.4 is 0 Å². The Bertz CT molecular complexity index is 186. The first kappa shape index (κ1) is 11.5. The van der Waals surface area contributed by atoms with E-state index in [9.17, 15) is 4.79 Å². The van der Waals surface area contributed by atoms with E-state index in [0.717, 1.165) is 25.6 Å². The summed E-state index contributed by atoms with van der Waals surface area (Å²) >= 11 is 0. The first-order chi connectivity index (χ1) is 6.63. The summed E-state index contributed by atoms with van der Waals surface area (Å²) in [5, 5.41) is 0. The summed E-state index contributed by atoms with van der Waals surface area (Å²) in [6.45, 7) is 7.77. The van der Waals surface area contributed by atoms with E-state index in [4.69, 9.17) is 0 Å². The number of nitrogens with zero attached hydrogens (tertiary/aromatic N) is 2. The van der Waals surface area contributed by atoms with Crippen LogP contribution in [-0.4, -0.2) is 48.9 Å². The minimum atomic E-state index is 0.293. The fourth-order valence-corrected chi connectivity index (χ4v) is 1.70. The lowest BCUT2D eigenvalue weighted by Gasteiger charge is -2.31. The molecule has 1 saturated heterocycles. The molecule has 0 spiro atoms. The Morgan fingerprint density at radius 3 is 2.50 bits per heavy atom. The standard InChI is InChI=1S/C11H22N2O/c1-4-12(3)9-11(14)13-7-5-10(2)6-8-13/h10H,4-9H2,1-3H3. The normalized spacial score (nSPS) is 19.0.